The molecule has 3 aromatic carbocycles. The molecule has 3 heterocycles. The van der Waals surface area contributed by atoms with Gasteiger partial charge in [-0.3, -0.25) is 4.79 Å². The lowest BCUT2D eigenvalue weighted by atomic mass is 10.1. The van der Waals surface area contributed by atoms with Crippen LogP contribution in [0.2, 0.25) is 0 Å². The summed E-state index contributed by atoms with van der Waals surface area (Å²) >= 11 is 1.48. The molecule has 5 aromatic rings. The zero-order valence-corrected chi connectivity index (χ0v) is 18.3. The summed E-state index contributed by atoms with van der Waals surface area (Å²) in [5.74, 6) is 1.63. The van der Waals surface area contributed by atoms with Crippen LogP contribution in [0.3, 0.4) is 0 Å². The van der Waals surface area contributed by atoms with Crippen molar-refractivity contribution in [3.8, 4) is 17.1 Å². The van der Waals surface area contributed by atoms with E-state index in [1.165, 1.54) is 16.9 Å². The molecule has 0 bridgehead atoms. The van der Waals surface area contributed by atoms with Crippen LogP contribution in [0, 0.1) is 6.92 Å². The van der Waals surface area contributed by atoms with E-state index in [1.807, 2.05) is 42.5 Å². The molecule has 0 radical (unpaired) electrons. The molecule has 0 spiro atoms. The second-order valence-corrected chi connectivity index (χ2v) is 9.12. The Morgan fingerprint density at radius 2 is 2.03 bits per heavy atom. The highest BCUT2D eigenvalue weighted by atomic mass is 32.1. The first-order chi connectivity index (χ1) is 15.6. The molecule has 1 amide bonds. The molecule has 0 atom stereocenters. The van der Waals surface area contributed by atoms with Crippen LogP contribution >= 0.6 is 11.3 Å². The number of para-hydroxylation sites is 1. The smallest absolute Gasteiger partial charge is 0.230 e. The molecule has 32 heavy (non-hydrogen) atoms. The van der Waals surface area contributed by atoms with Gasteiger partial charge in [-0.05, 0) is 53.9 Å². The van der Waals surface area contributed by atoms with Crippen LogP contribution < -0.4 is 10.1 Å². The Hall–Kier alpha value is -3.64. The third kappa shape index (κ3) is 3.42. The molecular weight excluding hydrogens is 420 g/mol. The average molecular weight is 441 g/mol. The molecule has 0 saturated heterocycles. The molecule has 0 aliphatic carbocycles. The van der Waals surface area contributed by atoms with Crippen molar-refractivity contribution in [3.05, 3.63) is 77.4 Å². The maximum atomic E-state index is 12.7. The minimum Gasteiger partial charge on any atom is -0.493 e. The molecule has 0 unspecified atom stereocenters. The lowest BCUT2D eigenvalue weighted by molar-refractivity contribution is -0.115. The SMILES string of the molecule is Cc1cc(-c2cc3ccccc3o2)c2nc(NC(=O)Cc3ccc4c(c3)CCO4)sc2c1. The van der Waals surface area contributed by atoms with E-state index in [-0.39, 0.29) is 5.91 Å². The van der Waals surface area contributed by atoms with E-state index in [0.29, 0.717) is 18.2 Å². The number of fused-ring (bicyclic) bond motifs is 3. The third-order valence-corrected chi connectivity index (χ3v) is 6.61. The number of anilines is 1. The second kappa shape index (κ2) is 7.50. The highest BCUT2D eigenvalue weighted by molar-refractivity contribution is 7.22. The average Bonchev–Trinajstić information content (AvgIpc) is 3.49. The Morgan fingerprint density at radius 3 is 2.94 bits per heavy atom. The van der Waals surface area contributed by atoms with Crippen LogP contribution in [0.15, 0.2) is 65.1 Å². The molecular formula is C26H20N2O3S. The number of benzene rings is 3. The number of aryl methyl sites for hydroxylation is 1. The van der Waals surface area contributed by atoms with Gasteiger partial charge in [-0.15, -0.1) is 0 Å². The van der Waals surface area contributed by atoms with E-state index >= 15 is 0 Å². The van der Waals surface area contributed by atoms with E-state index in [4.69, 9.17) is 14.1 Å². The van der Waals surface area contributed by atoms with Crippen molar-refractivity contribution >= 4 is 43.6 Å². The number of nitrogens with one attached hydrogen (secondary N) is 1. The van der Waals surface area contributed by atoms with Crippen molar-refractivity contribution in [1.82, 2.24) is 4.98 Å². The molecule has 2 aromatic heterocycles. The van der Waals surface area contributed by atoms with E-state index in [2.05, 4.69) is 30.4 Å². The number of carbonyl (C=O) groups excluding carboxylic acids is 1. The fourth-order valence-electron chi connectivity index (χ4n) is 4.22. The Labute approximate surface area is 188 Å². The first-order valence-electron chi connectivity index (χ1n) is 10.6. The quantitative estimate of drug-likeness (QED) is 0.365. The van der Waals surface area contributed by atoms with Crippen molar-refractivity contribution < 1.29 is 13.9 Å². The molecule has 0 saturated carbocycles. The van der Waals surface area contributed by atoms with Crippen molar-refractivity contribution in [2.45, 2.75) is 19.8 Å². The topological polar surface area (TPSA) is 64.4 Å². The molecule has 5 nitrogen and oxygen atoms in total. The van der Waals surface area contributed by atoms with Crippen LogP contribution in [0.1, 0.15) is 16.7 Å². The highest BCUT2D eigenvalue weighted by Crippen LogP contribution is 2.37. The van der Waals surface area contributed by atoms with Gasteiger partial charge in [0.05, 0.1) is 23.2 Å². The van der Waals surface area contributed by atoms with Crippen molar-refractivity contribution in [3.63, 3.8) is 0 Å². The number of aromatic nitrogens is 1. The number of rotatable bonds is 4. The molecule has 158 valence electrons. The van der Waals surface area contributed by atoms with Gasteiger partial charge in [0.15, 0.2) is 5.13 Å². The summed E-state index contributed by atoms with van der Waals surface area (Å²) in [6.07, 6.45) is 1.20. The molecule has 6 heteroatoms. The summed E-state index contributed by atoms with van der Waals surface area (Å²) in [6.45, 7) is 2.77. The van der Waals surface area contributed by atoms with Gasteiger partial charge >= 0.3 is 0 Å². The highest BCUT2D eigenvalue weighted by Gasteiger charge is 2.17. The van der Waals surface area contributed by atoms with Gasteiger partial charge in [0, 0.05) is 17.4 Å². The number of thiazole rings is 1. The van der Waals surface area contributed by atoms with Crippen LogP contribution in [-0.4, -0.2) is 17.5 Å². The van der Waals surface area contributed by atoms with Gasteiger partial charge in [-0.2, -0.15) is 0 Å². The number of nitrogens with zero attached hydrogens (tertiary/aromatic N) is 1. The first kappa shape index (κ1) is 19.1. The maximum absolute atomic E-state index is 12.7. The van der Waals surface area contributed by atoms with Crippen LogP contribution in [0.4, 0.5) is 5.13 Å². The van der Waals surface area contributed by atoms with Gasteiger partial charge in [0.1, 0.15) is 17.1 Å². The third-order valence-electron chi connectivity index (χ3n) is 5.70. The van der Waals surface area contributed by atoms with Gasteiger partial charge in [0.25, 0.3) is 0 Å². The first-order valence-corrected chi connectivity index (χ1v) is 11.4. The Morgan fingerprint density at radius 1 is 1.12 bits per heavy atom. The number of carbonyl (C=O) groups is 1. The fourth-order valence-corrected chi connectivity index (χ4v) is 5.23. The van der Waals surface area contributed by atoms with E-state index in [1.54, 1.807) is 0 Å². The second-order valence-electron chi connectivity index (χ2n) is 8.09. The predicted octanol–water partition coefficient (Wildman–Crippen LogP) is 6.13. The van der Waals surface area contributed by atoms with Crippen LogP contribution in [-0.2, 0) is 17.6 Å². The van der Waals surface area contributed by atoms with Gasteiger partial charge in [-0.25, -0.2) is 4.98 Å². The Bertz CT molecular complexity index is 1470. The number of hydrogen-bond donors (Lipinski definition) is 1. The molecule has 1 N–H and O–H groups in total. The number of ether oxygens (including phenoxy) is 1. The van der Waals surface area contributed by atoms with Crippen molar-refractivity contribution in [2.75, 3.05) is 11.9 Å². The predicted molar refractivity (Wildman–Crippen MR) is 128 cm³/mol. The lowest BCUT2D eigenvalue weighted by Gasteiger charge is -2.04. The minimum atomic E-state index is -0.0788. The summed E-state index contributed by atoms with van der Waals surface area (Å²) in [4.78, 5) is 17.5. The van der Waals surface area contributed by atoms with Gasteiger partial charge in [-0.1, -0.05) is 41.7 Å². The standard InChI is InChI=1S/C26H20N2O3S/c1-15-10-19(22-14-17-4-2-3-5-21(17)31-22)25-23(11-15)32-26(28-25)27-24(29)13-16-6-7-20-18(12-16)8-9-30-20/h2-7,10-12,14H,8-9,13H2,1H3,(H,27,28,29). The monoisotopic (exact) mass is 440 g/mol. The number of furan rings is 1. The van der Waals surface area contributed by atoms with E-state index in [9.17, 15) is 4.79 Å². The number of hydrogen-bond acceptors (Lipinski definition) is 5. The molecule has 1 aliphatic heterocycles. The summed E-state index contributed by atoms with van der Waals surface area (Å²) < 4.78 is 12.7. The van der Waals surface area contributed by atoms with Crippen LogP contribution in [0.25, 0.3) is 32.5 Å². The lowest BCUT2D eigenvalue weighted by Crippen LogP contribution is -2.14. The number of amides is 1. The summed E-state index contributed by atoms with van der Waals surface area (Å²) in [5.41, 5.74) is 5.89. The van der Waals surface area contributed by atoms with Gasteiger partial charge < -0.3 is 14.5 Å². The minimum absolute atomic E-state index is 0.0788. The zero-order valence-electron chi connectivity index (χ0n) is 17.5. The maximum Gasteiger partial charge on any atom is 0.230 e. The summed E-state index contributed by atoms with van der Waals surface area (Å²) in [6, 6.07) is 20.1. The van der Waals surface area contributed by atoms with Crippen molar-refractivity contribution in [2.24, 2.45) is 0 Å². The van der Waals surface area contributed by atoms with Gasteiger partial charge in [0.2, 0.25) is 5.91 Å². The zero-order chi connectivity index (χ0) is 21.7. The largest absolute Gasteiger partial charge is 0.493 e. The molecule has 6 rings (SSSR count). The van der Waals surface area contributed by atoms with Crippen molar-refractivity contribution in [1.29, 1.82) is 0 Å². The Kier molecular flexibility index (Phi) is 4.47. The van der Waals surface area contributed by atoms with E-state index < -0.39 is 0 Å². The van der Waals surface area contributed by atoms with E-state index in [0.717, 1.165) is 55.8 Å². The normalized spacial score (nSPS) is 12.8. The summed E-state index contributed by atoms with van der Waals surface area (Å²) in [7, 11) is 0. The Balaban J connectivity index is 1.29. The summed E-state index contributed by atoms with van der Waals surface area (Å²) in [5, 5.41) is 4.63. The molecule has 1 aliphatic rings. The molecule has 0 fully saturated rings. The van der Waals surface area contributed by atoms with Crippen LogP contribution in [0.5, 0.6) is 5.75 Å². The fraction of sp³-hybridized carbons (Fsp3) is 0.154.